The van der Waals surface area contributed by atoms with Gasteiger partial charge < -0.3 is 5.32 Å². The van der Waals surface area contributed by atoms with Crippen LogP contribution in [0.2, 0.25) is 10.0 Å². The van der Waals surface area contributed by atoms with Crippen molar-refractivity contribution in [3.8, 4) is 0 Å². The molecule has 138 valence electrons. The number of benzene rings is 2. The summed E-state index contributed by atoms with van der Waals surface area (Å²) in [5, 5.41) is 3.62. The maximum Gasteiger partial charge on any atom is 0.243 e. The van der Waals surface area contributed by atoms with Crippen molar-refractivity contribution in [3.05, 3.63) is 58.6 Å². The minimum Gasteiger partial charge on any atom is -0.326 e. The lowest BCUT2D eigenvalue weighted by Crippen LogP contribution is -2.43. The molecule has 3 rings (SSSR count). The van der Waals surface area contributed by atoms with Gasteiger partial charge in [0.05, 0.1) is 10.8 Å². The molecule has 1 fully saturated rings. The summed E-state index contributed by atoms with van der Waals surface area (Å²) in [5.74, 6) is -0.670. The summed E-state index contributed by atoms with van der Waals surface area (Å²) < 4.78 is 26.9. The summed E-state index contributed by atoms with van der Waals surface area (Å²) in [6.07, 6.45) is 1.25. The van der Waals surface area contributed by atoms with Gasteiger partial charge in [0.1, 0.15) is 0 Å². The molecule has 1 heterocycles. The molecule has 1 aliphatic rings. The molecule has 0 aromatic heterocycles. The molecule has 1 aliphatic heterocycles. The zero-order chi connectivity index (χ0) is 18.7. The SMILES string of the molecule is O=C(Nc1cc(Cl)cc(Cl)c1)C1CCCN(S(=O)(=O)c2ccccc2)C1. The molecular weight excluding hydrogens is 395 g/mol. The molecule has 0 bridgehead atoms. The van der Waals surface area contributed by atoms with E-state index in [1.165, 1.54) is 4.31 Å². The van der Waals surface area contributed by atoms with Crippen LogP contribution in [0.15, 0.2) is 53.4 Å². The van der Waals surface area contributed by atoms with Crippen molar-refractivity contribution in [1.82, 2.24) is 4.31 Å². The number of rotatable bonds is 4. The molecular formula is C18H18Cl2N2O3S. The van der Waals surface area contributed by atoms with Gasteiger partial charge in [-0.3, -0.25) is 4.79 Å². The van der Waals surface area contributed by atoms with Gasteiger partial charge in [-0.15, -0.1) is 0 Å². The Morgan fingerprint density at radius 2 is 1.73 bits per heavy atom. The van der Waals surface area contributed by atoms with Gasteiger partial charge in [0.25, 0.3) is 0 Å². The fourth-order valence-corrected chi connectivity index (χ4v) is 5.06. The lowest BCUT2D eigenvalue weighted by atomic mass is 9.99. The topological polar surface area (TPSA) is 66.5 Å². The van der Waals surface area contributed by atoms with Gasteiger partial charge >= 0.3 is 0 Å². The van der Waals surface area contributed by atoms with E-state index in [9.17, 15) is 13.2 Å². The van der Waals surface area contributed by atoms with Gasteiger partial charge in [0.2, 0.25) is 15.9 Å². The lowest BCUT2D eigenvalue weighted by Gasteiger charge is -2.31. The molecule has 1 amide bonds. The molecule has 5 nitrogen and oxygen atoms in total. The van der Waals surface area contributed by atoms with Crippen LogP contribution in [-0.2, 0) is 14.8 Å². The number of nitrogens with one attached hydrogen (secondary N) is 1. The molecule has 8 heteroatoms. The Morgan fingerprint density at radius 1 is 1.08 bits per heavy atom. The summed E-state index contributed by atoms with van der Waals surface area (Å²) in [7, 11) is -3.60. The molecule has 1 unspecified atom stereocenters. The molecule has 1 saturated heterocycles. The number of sulfonamides is 1. The second-order valence-electron chi connectivity index (χ2n) is 6.16. The number of anilines is 1. The van der Waals surface area contributed by atoms with Crippen LogP contribution >= 0.6 is 23.2 Å². The van der Waals surface area contributed by atoms with Gasteiger partial charge in [-0.2, -0.15) is 4.31 Å². The normalized spacial score (nSPS) is 18.5. The van der Waals surface area contributed by atoms with Crippen molar-refractivity contribution in [2.24, 2.45) is 5.92 Å². The van der Waals surface area contributed by atoms with Crippen LogP contribution in [0.25, 0.3) is 0 Å². The maximum absolute atomic E-state index is 12.8. The second-order valence-corrected chi connectivity index (χ2v) is 8.97. The standard InChI is InChI=1S/C18H18Cl2N2O3S/c19-14-9-15(20)11-16(10-14)21-18(23)13-5-4-8-22(12-13)26(24,25)17-6-2-1-3-7-17/h1-3,6-7,9-11,13H,4-5,8,12H2,(H,21,23). The number of carbonyl (C=O) groups is 1. The Balaban J connectivity index is 1.73. The minimum atomic E-state index is -3.60. The average molecular weight is 413 g/mol. The van der Waals surface area contributed by atoms with Crippen LogP contribution in [0.3, 0.4) is 0 Å². The van der Waals surface area contributed by atoms with Crippen molar-refractivity contribution < 1.29 is 13.2 Å². The smallest absolute Gasteiger partial charge is 0.243 e. The highest BCUT2D eigenvalue weighted by Gasteiger charge is 2.33. The molecule has 0 saturated carbocycles. The molecule has 0 spiro atoms. The van der Waals surface area contributed by atoms with E-state index in [1.54, 1.807) is 48.5 Å². The number of hydrogen-bond acceptors (Lipinski definition) is 3. The Bertz CT molecular complexity index is 884. The number of halogens is 2. The van der Waals surface area contributed by atoms with E-state index in [0.29, 0.717) is 35.1 Å². The Kier molecular flexibility index (Phi) is 5.87. The Morgan fingerprint density at radius 3 is 2.38 bits per heavy atom. The number of nitrogens with zero attached hydrogens (tertiary/aromatic N) is 1. The molecule has 0 aliphatic carbocycles. The van der Waals surface area contributed by atoms with Gasteiger partial charge in [0, 0.05) is 28.8 Å². The first-order valence-corrected chi connectivity index (χ1v) is 10.4. The Labute approximate surface area is 163 Å². The highest BCUT2D eigenvalue weighted by molar-refractivity contribution is 7.89. The van der Waals surface area contributed by atoms with Gasteiger partial charge in [-0.05, 0) is 43.2 Å². The third-order valence-corrected chi connectivity index (χ3v) is 6.58. The summed E-state index contributed by atoms with van der Waals surface area (Å²) in [6.45, 7) is 0.557. The number of piperidine rings is 1. The number of amides is 1. The fourth-order valence-electron chi connectivity index (χ4n) is 2.99. The first-order valence-electron chi connectivity index (χ1n) is 8.18. The van der Waals surface area contributed by atoms with E-state index in [-0.39, 0.29) is 17.3 Å². The van der Waals surface area contributed by atoms with Crippen LogP contribution in [0, 0.1) is 5.92 Å². The van der Waals surface area contributed by atoms with Gasteiger partial charge in [0.15, 0.2) is 0 Å². The Hall–Kier alpha value is -1.60. The van der Waals surface area contributed by atoms with Crippen molar-refractivity contribution in [2.45, 2.75) is 17.7 Å². The van der Waals surface area contributed by atoms with Crippen molar-refractivity contribution in [2.75, 3.05) is 18.4 Å². The monoisotopic (exact) mass is 412 g/mol. The number of carbonyl (C=O) groups excluding carboxylic acids is 1. The van der Waals surface area contributed by atoms with Gasteiger partial charge in [-0.1, -0.05) is 41.4 Å². The van der Waals surface area contributed by atoms with Crippen LogP contribution < -0.4 is 5.32 Å². The van der Waals surface area contributed by atoms with E-state index in [2.05, 4.69) is 5.32 Å². The predicted octanol–water partition coefficient (Wildman–Crippen LogP) is 4.03. The summed E-state index contributed by atoms with van der Waals surface area (Å²) >= 11 is 11.9. The third kappa shape index (κ3) is 4.38. The van der Waals surface area contributed by atoms with Gasteiger partial charge in [-0.25, -0.2) is 8.42 Å². The minimum absolute atomic E-state index is 0.150. The van der Waals surface area contributed by atoms with Crippen LogP contribution in [0.1, 0.15) is 12.8 Å². The molecule has 2 aromatic rings. The summed E-state index contributed by atoms with van der Waals surface area (Å²) in [6, 6.07) is 13.0. The molecule has 26 heavy (non-hydrogen) atoms. The van der Waals surface area contributed by atoms with Crippen molar-refractivity contribution >= 4 is 44.8 Å². The molecule has 1 atom stereocenters. The van der Waals surface area contributed by atoms with E-state index in [4.69, 9.17) is 23.2 Å². The molecule has 0 radical (unpaired) electrons. The van der Waals surface area contributed by atoms with E-state index in [0.717, 1.165) is 0 Å². The number of hydrogen-bond donors (Lipinski definition) is 1. The maximum atomic E-state index is 12.8. The van der Waals surface area contributed by atoms with E-state index >= 15 is 0 Å². The average Bonchev–Trinajstić information content (AvgIpc) is 2.61. The van der Waals surface area contributed by atoms with Crippen LogP contribution in [0.4, 0.5) is 5.69 Å². The van der Waals surface area contributed by atoms with E-state index < -0.39 is 15.9 Å². The zero-order valence-electron chi connectivity index (χ0n) is 13.9. The highest BCUT2D eigenvalue weighted by Crippen LogP contribution is 2.26. The first kappa shape index (κ1) is 19.2. The van der Waals surface area contributed by atoms with Crippen molar-refractivity contribution in [1.29, 1.82) is 0 Å². The van der Waals surface area contributed by atoms with Crippen LogP contribution in [-0.4, -0.2) is 31.7 Å². The predicted molar refractivity (Wildman–Crippen MR) is 103 cm³/mol. The fraction of sp³-hybridized carbons (Fsp3) is 0.278. The summed E-state index contributed by atoms with van der Waals surface area (Å²) in [5.41, 5.74) is 0.496. The second kappa shape index (κ2) is 7.96. The first-order chi connectivity index (χ1) is 12.4. The molecule has 1 N–H and O–H groups in total. The van der Waals surface area contributed by atoms with Crippen LogP contribution in [0.5, 0.6) is 0 Å². The highest BCUT2D eigenvalue weighted by atomic mass is 35.5. The van der Waals surface area contributed by atoms with E-state index in [1.807, 2.05) is 0 Å². The molecule has 2 aromatic carbocycles. The zero-order valence-corrected chi connectivity index (χ0v) is 16.2. The summed E-state index contributed by atoms with van der Waals surface area (Å²) in [4.78, 5) is 12.8. The largest absolute Gasteiger partial charge is 0.326 e. The lowest BCUT2D eigenvalue weighted by molar-refractivity contribution is -0.120. The quantitative estimate of drug-likeness (QED) is 0.823. The third-order valence-electron chi connectivity index (χ3n) is 4.27. The van der Waals surface area contributed by atoms with Crippen molar-refractivity contribution in [3.63, 3.8) is 0 Å².